The number of nitrogens with zero attached hydrogens (tertiary/aromatic N) is 1. The summed E-state index contributed by atoms with van der Waals surface area (Å²) >= 11 is 7.58. The number of thiophene rings is 1. The van der Waals surface area contributed by atoms with Crippen LogP contribution < -0.4 is 10.5 Å². The zero-order valence-electron chi connectivity index (χ0n) is 11.7. The Kier molecular flexibility index (Phi) is 5.43. The second kappa shape index (κ2) is 7.09. The second-order valence-corrected chi connectivity index (χ2v) is 6.41. The largest absolute Gasteiger partial charge is 0.496 e. The molecule has 108 valence electrons. The summed E-state index contributed by atoms with van der Waals surface area (Å²) in [5.41, 5.74) is 7.08. The Morgan fingerprint density at radius 2 is 2.05 bits per heavy atom. The summed E-state index contributed by atoms with van der Waals surface area (Å²) in [4.78, 5) is 3.45. The van der Waals surface area contributed by atoms with Crippen molar-refractivity contribution in [1.82, 2.24) is 4.90 Å². The van der Waals surface area contributed by atoms with Gasteiger partial charge in [0.15, 0.2) is 0 Å². The van der Waals surface area contributed by atoms with Crippen LogP contribution in [0.4, 0.5) is 0 Å². The van der Waals surface area contributed by atoms with Crippen molar-refractivity contribution in [3.63, 3.8) is 0 Å². The van der Waals surface area contributed by atoms with Gasteiger partial charge < -0.3 is 10.5 Å². The van der Waals surface area contributed by atoms with Crippen molar-refractivity contribution in [1.29, 1.82) is 0 Å². The van der Waals surface area contributed by atoms with Gasteiger partial charge in [-0.05, 0) is 25.2 Å². The highest BCUT2D eigenvalue weighted by Gasteiger charge is 2.19. The maximum atomic E-state index is 5.98. The van der Waals surface area contributed by atoms with Crippen LogP contribution in [0.25, 0.3) is 0 Å². The molecule has 20 heavy (non-hydrogen) atoms. The Labute approximate surface area is 128 Å². The number of halogens is 1. The summed E-state index contributed by atoms with van der Waals surface area (Å²) in [5.74, 6) is 0.874. The normalized spacial score (nSPS) is 12.7. The highest BCUT2D eigenvalue weighted by molar-refractivity contribution is 7.16. The molecule has 0 amide bonds. The Morgan fingerprint density at radius 1 is 1.30 bits per heavy atom. The van der Waals surface area contributed by atoms with Gasteiger partial charge >= 0.3 is 0 Å². The molecule has 1 unspecified atom stereocenters. The fraction of sp³-hybridized carbons (Fsp3) is 0.333. The lowest BCUT2D eigenvalue weighted by molar-refractivity contribution is 0.238. The van der Waals surface area contributed by atoms with Crippen molar-refractivity contribution < 1.29 is 4.74 Å². The van der Waals surface area contributed by atoms with Gasteiger partial charge in [-0.1, -0.05) is 29.8 Å². The van der Waals surface area contributed by atoms with Gasteiger partial charge in [0, 0.05) is 23.5 Å². The molecule has 1 heterocycles. The lowest BCUT2D eigenvalue weighted by Crippen LogP contribution is -2.30. The molecule has 1 aromatic heterocycles. The van der Waals surface area contributed by atoms with E-state index in [9.17, 15) is 0 Å². The SMILES string of the molecule is COc1ccccc1C(CN)N(C)Cc1ccc(Cl)s1. The summed E-state index contributed by atoms with van der Waals surface area (Å²) in [5, 5.41) is 0. The third-order valence-corrected chi connectivity index (χ3v) is 4.50. The van der Waals surface area contributed by atoms with Crippen LogP contribution in [0.3, 0.4) is 0 Å². The van der Waals surface area contributed by atoms with Crippen molar-refractivity contribution in [2.24, 2.45) is 5.73 Å². The van der Waals surface area contributed by atoms with Gasteiger partial charge in [-0.3, -0.25) is 4.90 Å². The van der Waals surface area contributed by atoms with E-state index in [1.54, 1.807) is 18.4 Å². The highest BCUT2D eigenvalue weighted by Crippen LogP contribution is 2.30. The lowest BCUT2D eigenvalue weighted by atomic mass is 10.0. The van der Waals surface area contributed by atoms with Crippen LogP contribution in [0.1, 0.15) is 16.5 Å². The molecular weight excluding hydrogens is 292 g/mol. The Balaban J connectivity index is 2.18. The highest BCUT2D eigenvalue weighted by atomic mass is 35.5. The van der Waals surface area contributed by atoms with Crippen molar-refractivity contribution >= 4 is 22.9 Å². The molecular formula is C15H19ClN2OS. The van der Waals surface area contributed by atoms with Crippen LogP contribution in [-0.2, 0) is 6.54 Å². The summed E-state index contributed by atoms with van der Waals surface area (Å²) < 4.78 is 6.25. The number of rotatable bonds is 6. The first-order valence-corrected chi connectivity index (χ1v) is 7.62. The molecule has 0 aliphatic rings. The minimum Gasteiger partial charge on any atom is -0.496 e. The van der Waals surface area contributed by atoms with E-state index in [1.165, 1.54) is 4.88 Å². The monoisotopic (exact) mass is 310 g/mol. The third kappa shape index (κ3) is 3.52. The van der Waals surface area contributed by atoms with E-state index in [0.717, 1.165) is 22.2 Å². The summed E-state index contributed by atoms with van der Waals surface area (Å²) in [6, 6.07) is 12.1. The van der Waals surface area contributed by atoms with E-state index < -0.39 is 0 Å². The Bertz CT molecular complexity index is 558. The van der Waals surface area contributed by atoms with Gasteiger partial charge in [-0.2, -0.15) is 0 Å². The molecule has 0 aliphatic carbocycles. The Morgan fingerprint density at radius 3 is 2.65 bits per heavy atom. The third-order valence-electron chi connectivity index (χ3n) is 3.29. The predicted molar refractivity (Wildman–Crippen MR) is 85.6 cm³/mol. The first-order chi connectivity index (χ1) is 9.65. The second-order valence-electron chi connectivity index (χ2n) is 4.61. The topological polar surface area (TPSA) is 38.5 Å². The molecule has 2 rings (SSSR count). The predicted octanol–water partition coefficient (Wildman–Crippen LogP) is 3.54. The molecule has 0 saturated heterocycles. The molecule has 1 atom stereocenters. The summed E-state index contributed by atoms with van der Waals surface area (Å²) in [6.45, 7) is 1.35. The zero-order valence-corrected chi connectivity index (χ0v) is 13.2. The first kappa shape index (κ1) is 15.3. The van der Waals surface area contributed by atoms with Crippen LogP contribution in [0.15, 0.2) is 36.4 Å². The van der Waals surface area contributed by atoms with Crippen LogP contribution in [0, 0.1) is 0 Å². The minimum atomic E-state index is 0.118. The average molecular weight is 311 g/mol. The number of benzene rings is 1. The van der Waals surface area contributed by atoms with E-state index in [4.69, 9.17) is 22.1 Å². The van der Waals surface area contributed by atoms with Crippen LogP contribution in [0.2, 0.25) is 4.34 Å². The smallest absolute Gasteiger partial charge is 0.123 e. The number of methoxy groups -OCH3 is 1. The molecule has 2 aromatic rings. The maximum Gasteiger partial charge on any atom is 0.123 e. The molecule has 0 saturated carbocycles. The molecule has 0 fully saturated rings. The summed E-state index contributed by atoms with van der Waals surface area (Å²) in [7, 11) is 3.75. The van der Waals surface area contributed by atoms with E-state index in [1.807, 2.05) is 24.3 Å². The van der Waals surface area contributed by atoms with Gasteiger partial charge in [-0.25, -0.2) is 0 Å². The molecule has 0 radical (unpaired) electrons. The average Bonchev–Trinajstić information content (AvgIpc) is 2.85. The summed E-state index contributed by atoms with van der Waals surface area (Å²) in [6.07, 6.45) is 0. The van der Waals surface area contributed by atoms with Crippen molar-refractivity contribution in [3.8, 4) is 5.75 Å². The molecule has 2 N–H and O–H groups in total. The fourth-order valence-electron chi connectivity index (χ4n) is 2.28. The Hall–Kier alpha value is -1.07. The number of hydrogen-bond donors (Lipinski definition) is 1. The van der Waals surface area contributed by atoms with E-state index in [0.29, 0.717) is 6.54 Å². The van der Waals surface area contributed by atoms with Crippen molar-refractivity contribution in [2.45, 2.75) is 12.6 Å². The molecule has 5 heteroatoms. The first-order valence-electron chi connectivity index (χ1n) is 6.43. The van der Waals surface area contributed by atoms with Gasteiger partial charge in [0.1, 0.15) is 5.75 Å². The van der Waals surface area contributed by atoms with Gasteiger partial charge in [-0.15, -0.1) is 11.3 Å². The van der Waals surface area contributed by atoms with Gasteiger partial charge in [0.05, 0.1) is 17.5 Å². The number of para-hydroxylation sites is 1. The van der Waals surface area contributed by atoms with Crippen LogP contribution in [0.5, 0.6) is 5.75 Å². The maximum absolute atomic E-state index is 5.98. The molecule has 0 bridgehead atoms. The molecule has 1 aromatic carbocycles. The molecule has 3 nitrogen and oxygen atoms in total. The zero-order chi connectivity index (χ0) is 14.5. The minimum absolute atomic E-state index is 0.118. The fourth-order valence-corrected chi connectivity index (χ4v) is 3.43. The van der Waals surface area contributed by atoms with Crippen molar-refractivity contribution in [3.05, 3.63) is 51.2 Å². The quantitative estimate of drug-likeness (QED) is 0.887. The number of ether oxygens (including phenoxy) is 1. The van der Waals surface area contributed by atoms with E-state index in [2.05, 4.69) is 24.1 Å². The molecule has 0 aliphatic heterocycles. The standard InChI is InChI=1S/C15H19ClN2OS/c1-18(10-11-7-8-15(16)20-11)13(9-17)12-5-3-4-6-14(12)19-2/h3-8,13H,9-10,17H2,1-2H3. The van der Waals surface area contributed by atoms with Crippen molar-refractivity contribution in [2.75, 3.05) is 20.7 Å². The van der Waals surface area contributed by atoms with Crippen LogP contribution in [-0.4, -0.2) is 25.6 Å². The molecule has 0 spiro atoms. The number of hydrogen-bond acceptors (Lipinski definition) is 4. The van der Waals surface area contributed by atoms with Gasteiger partial charge in [0.25, 0.3) is 0 Å². The number of likely N-dealkylation sites (N-methyl/N-ethyl adjacent to an activating group) is 1. The lowest BCUT2D eigenvalue weighted by Gasteiger charge is -2.28. The van der Waals surface area contributed by atoms with Crippen LogP contribution >= 0.6 is 22.9 Å². The van der Waals surface area contributed by atoms with Gasteiger partial charge in [0.2, 0.25) is 0 Å². The van der Waals surface area contributed by atoms with E-state index in [-0.39, 0.29) is 6.04 Å². The number of nitrogens with two attached hydrogens (primary N) is 1. The van der Waals surface area contributed by atoms with E-state index >= 15 is 0 Å².